The van der Waals surface area contributed by atoms with Crippen LogP contribution >= 0.6 is 0 Å². The van der Waals surface area contributed by atoms with Crippen LogP contribution in [0, 0.1) is 5.92 Å². The van der Waals surface area contributed by atoms with Gasteiger partial charge in [0.15, 0.2) is 0 Å². The Bertz CT molecular complexity index is 196. The standard InChI is InChI=1S/C10H19NO2/c1-10(2,3)11-8-6-4-5-7(8)9(12)13/h7-8,11H,4-6H2,1-3H3,(H,12,13)/t7-,8?/m1/s1. The van der Waals surface area contributed by atoms with Gasteiger partial charge >= 0.3 is 5.97 Å². The Labute approximate surface area is 79.5 Å². The minimum absolute atomic E-state index is 0.0166. The molecule has 1 aliphatic rings. The molecule has 2 N–H and O–H groups in total. The highest BCUT2D eigenvalue weighted by Crippen LogP contribution is 2.27. The average Bonchev–Trinajstić information content (AvgIpc) is 2.31. The Morgan fingerprint density at radius 2 is 2.00 bits per heavy atom. The second kappa shape index (κ2) is 3.66. The molecule has 0 aromatic rings. The van der Waals surface area contributed by atoms with Gasteiger partial charge in [-0.3, -0.25) is 4.79 Å². The van der Waals surface area contributed by atoms with E-state index in [0.717, 1.165) is 19.3 Å². The molecule has 3 nitrogen and oxygen atoms in total. The molecule has 1 fully saturated rings. The molecule has 0 aromatic heterocycles. The number of rotatable bonds is 2. The lowest BCUT2D eigenvalue weighted by Gasteiger charge is -2.28. The zero-order valence-electron chi connectivity index (χ0n) is 8.63. The van der Waals surface area contributed by atoms with Gasteiger partial charge in [0.1, 0.15) is 0 Å². The largest absolute Gasteiger partial charge is 0.481 e. The predicted octanol–water partition coefficient (Wildman–Crippen LogP) is 1.63. The highest BCUT2D eigenvalue weighted by atomic mass is 16.4. The van der Waals surface area contributed by atoms with E-state index in [0.29, 0.717) is 0 Å². The Hall–Kier alpha value is -0.570. The van der Waals surface area contributed by atoms with Crippen LogP contribution in [0.4, 0.5) is 0 Å². The van der Waals surface area contributed by atoms with Crippen molar-refractivity contribution in [2.75, 3.05) is 0 Å². The van der Waals surface area contributed by atoms with Crippen molar-refractivity contribution in [1.29, 1.82) is 0 Å². The van der Waals surface area contributed by atoms with Crippen molar-refractivity contribution in [1.82, 2.24) is 5.32 Å². The Morgan fingerprint density at radius 3 is 2.46 bits per heavy atom. The molecule has 0 aromatic carbocycles. The van der Waals surface area contributed by atoms with Crippen molar-refractivity contribution in [2.45, 2.75) is 51.6 Å². The molecule has 13 heavy (non-hydrogen) atoms. The summed E-state index contributed by atoms with van der Waals surface area (Å²) in [4.78, 5) is 10.9. The van der Waals surface area contributed by atoms with Gasteiger partial charge in [0.05, 0.1) is 5.92 Å². The molecule has 0 bridgehead atoms. The average molecular weight is 185 g/mol. The number of nitrogens with one attached hydrogen (secondary N) is 1. The number of carboxylic acid groups (broad SMARTS) is 1. The molecular weight excluding hydrogens is 166 g/mol. The lowest BCUT2D eigenvalue weighted by Crippen LogP contribution is -2.46. The fourth-order valence-corrected chi connectivity index (χ4v) is 1.98. The third-order valence-corrected chi connectivity index (χ3v) is 2.45. The predicted molar refractivity (Wildman–Crippen MR) is 51.7 cm³/mol. The highest BCUT2D eigenvalue weighted by molar-refractivity contribution is 5.71. The van der Waals surface area contributed by atoms with Gasteiger partial charge in [-0.05, 0) is 33.6 Å². The summed E-state index contributed by atoms with van der Waals surface area (Å²) in [6, 6.07) is 0.164. The number of hydrogen-bond acceptors (Lipinski definition) is 2. The summed E-state index contributed by atoms with van der Waals surface area (Å²) in [5.41, 5.74) is 0.0166. The molecule has 2 atom stereocenters. The molecule has 3 heteroatoms. The summed E-state index contributed by atoms with van der Waals surface area (Å²) in [6.07, 6.45) is 2.85. The molecule has 0 radical (unpaired) electrons. The first-order chi connectivity index (χ1) is 5.90. The maximum absolute atomic E-state index is 10.9. The molecule has 1 unspecified atom stereocenters. The van der Waals surface area contributed by atoms with E-state index in [2.05, 4.69) is 26.1 Å². The van der Waals surface area contributed by atoms with Gasteiger partial charge in [-0.1, -0.05) is 6.42 Å². The number of carbonyl (C=O) groups is 1. The maximum atomic E-state index is 10.9. The van der Waals surface area contributed by atoms with Gasteiger partial charge in [0.25, 0.3) is 0 Å². The van der Waals surface area contributed by atoms with E-state index in [1.54, 1.807) is 0 Å². The lowest BCUT2D eigenvalue weighted by atomic mass is 10.00. The van der Waals surface area contributed by atoms with Crippen LogP contribution in [0.25, 0.3) is 0 Å². The fourth-order valence-electron chi connectivity index (χ4n) is 1.98. The fraction of sp³-hybridized carbons (Fsp3) is 0.900. The first-order valence-corrected chi connectivity index (χ1v) is 4.90. The number of carboxylic acids is 1. The highest BCUT2D eigenvalue weighted by Gasteiger charge is 2.34. The zero-order valence-corrected chi connectivity index (χ0v) is 8.63. The molecule has 0 heterocycles. The SMILES string of the molecule is CC(C)(C)NC1CCC[C@H]1C(=O)O. The minimum atomic E-state index is -0.653. The summed E-state index contributed by atoms with van der Waals surface area (Å²) in [6.45, 7) is 6.22. The Kier molecular flexibility index (Phi) is 2.96. The van der Waals surface area contributed by atoms with E-state index in [1.807, 2.05) is 0 Å². The van der Waals surface area contributed by atoms with Gasteiger partial charge in [-0.25, -0.2) is 0 Å². The second-order valence-corrected chi connectivity index (χ2v) is 4.88. The molecule has 0 saturated heterocycles. The molecule has 1 rings (SSSR count). The smallest absolute Gasteiger partial charge is 0.308 e. The van der Waals surface area contributed by atoms with Gasteiger partial charge < -0.3 is 10.4 Å². The van der Waals surface area contributed by atoms with E-state index < -0.39 is 5.97 Å². The summed E-state index contributed by atoms with van der Waals surface area (Å²) in [5.74, 6) is -0.835. The van der Waals surface area contributed by atoms with Crippen molar-refractivity contribution in [2.24, 2.45) is 5.92 Å². The Morgan fingerprint density at radius 1 is 1.38 bits per heavy atom. The molecule has 0 spiro atoms. The zero-order chi connectivity index (χ0) is 10.1. The van der Waals surface area contributed by atoms with Crippen LogP contribution in [-0.2, 0) is 4.79 Å². The van der Waals surface area contributed by atoms with Crippen molar-refractivity contribution in [3.63, 3.8) is 0 Å². The van der Waals surface area contributed by atoms with Gasteiger partial charge in [-0.15, -0.1) is 0 Å². The molecular formula is C10H19NO2. The molecule has 1 saturated carbocycles. The Balaban J connectivity index is 2.54. The van der Waals surface area contributed by atoms with E-state index in [1.165, 1.54) is 0 Å². The van der Waals surface area contributed by atoms with Crippen LogP contribution in [0.15, 0.2) is 0 Å². The van der Waals surface area contributed by atoms with Crippen LogP contribution in [-0.4, -0.2) is 22.7 Å². The lowest BCUT2D eigenvalue weighted by molar-refractivity contribution is -0.142. The molecule has 76 valence electrons. The van der Waals surface area contributed by atoms with E-state index >= 15 is 0 Å². The van der Waals surface area contributed by atoms with Crippen molar-refractivity contribution < 1.29 is 9.90 Å². The van der Waals surface area contributed by atoms with Crippen molar-refractivity contribution in [3.8, 4) is 0 Å². The second-order valence-electron chi connectivity index (χ2n) is 4.88. The van der Waals surface area contributed by atoms with E-state index in [4.69, 9.17) is 5.11 Å². The normalized spacial score (nSPS) is 29.2. The third kappa shape index (κ3) is 2.99. The number of aliphatic carboxylic acids is 1. The summed E-state index contributed by atoms with van der Waals surface area (Å²) < 4.78 is 0. The van der Waals surface area contributed by atoms with Gasteiger partial charge in [0, 0.05) is 11.6 Å². The molecule has 1 aliphatic carbocycles. The van der Waals surface area contributed by atoms with Gasteiger partial charge in [-0.2, -0.15) is 0 Å². The third-order valence-electron chi connectivity index (χ3n) is 2.45. The van der Waals surface area contributed by atoms with Crippen LogP contribution in [0.3, 0.4) is 0 Å². The van der Waals surface area contributed by atoms with E-state index in [-0.39, 0.29) is 17.5 Å². The first kappa shape index (κ1) is 10.5. The first-order valence-electron chi connectivity index (χ1n) is 4.90. The van der Waals surface area contributed by atoms with Crippen LogP contribution in [0.5, 0.6) is 0 Å². The van der Waals surface area contributed by atoms with Crippen molar-refractivity contribution in [3.05, 3.63) is 0 Å². The minimum Gasteiger partial charge on any atom is -0.481 e. The van der Waals surface area contributed by atoms with Crippen LogP contribution < -0.4 is 5.32 Å². The summed E-state index contributed by atoms with van der Waals surface area (Å²) in [7, 11) is 0. The maximum Gasteiger partial charge on any atom is 0.308 e. The number of hydrogen-bond donors (Lipinski definition) is 2. The van der Waals surface area contributed by atoms with Crippen molar-refractivity contribution >= 4 is 5.97 Å². The molecule has 0 amide bonds. The summed E-state index contributed by atoms with van der Waals surface area (Å²) >= 11 is 0. The monoisotopic (exact) mass is 185 g/mol. The topological polar surface area (TPSA) is 49.3 Å². The van der Waals surface area contributed by atoms with Crippen LogP contribution in [0.2, 0.25) is 0 Å². The molecule has 0 aliphatic heterocycles. The van der Waals surface area contributed by atoms with Crippen LogP contribution in [0.1, 0.15) is 40.0 Å². The quantitative estimate of drug-likeness (QED) is 0.687. The van der Waals surface area contributed by atoms with Gasteiger partial charge in [0.2, 0.25) is 0 Å². The van der Waals surface area contributed by atoms with E-state index in [9.17, 15) is 4.79 Å². The summed E-state index contributed by atoms with van der Waals surface area (Å²) in [5, 5.41) is 12.3.